The van der Waals surface area contributed by atoms with Crippen LogP contribution in [0.5, 0.6) is 0 Å². The van der Waals surface area contributed by atoms with E-state index >= 15 is 0 Å². The molecule has 1 aromatic rings. The smallest absolute Gasteiger partial charge is 0.251 e. The Labute approximate surface area is 140 Å². The molecule has 0 saturated heterocycles. The van der Waals surface area contributed by atoms with Crippen molar-refractivity contribution in [1.29, 1.82) is 0 Å². The zero-order valence-electron chi connectivity index (χ0n) is 13.2. The van der Waals surface area contributed by atoms with E-state index in [2.05, 4.69) is 10.6 Å². The number of rotatable bonds is 6. The van der Waals surface area contributed by atoms with Crippen LogP contribution in [-0.4, -0.2) is 24.9 Å². The Kier molecular flexibility index (Phi) is 4.37. The highest BCUT2D eigenvalue weighted by molar-refractivity contribution is 6.00. The largest absolute Gasteiger partial charge is 0.401 e. The fourth-order valence-electron chi connectivity index (χ4n) is 2.57. The van der Waals surface area contributed by atoms with E-state index in [1.54, 1.807) is 36.4 Å². The van der Waals surface area contributed by atoms with E-state index in [9.17, 15) is 9.59 Å². The summed E-state index contributed by atoms with van der Waals surface area (Å²) < 4.78 is 0. The maximum atomic E-state index is 12.1. The number of allylic oxidation sites excluding steroid dienone is 3. The van der Waals surface area contributed by atoms with Crippen LogP contribution in [-0.2, 0) is 4.79 Å². The number of nitrogens with two attached hydrogens (primary N) is 2. The molecule has 2 amide bonds. The molecule has 2 aliphatic carbocycles. The van der Waals surface area contributed by atoms with Crippen molar-refractivity contribution in [2.45, 2.75) is 6.42 Å². The first kappa shape index (κ1) is 15.9. The van der Waals surface area contributed by atoms with E-state index in [4.69, 9.17) is 11.5 Å². The second-order valence-corrected chi connectivity index (χ2v) is 5.83. The van der Waals surface area contributed by atoms with Crippen LogP contribution in [0.4, 0.5) is 5.69 Å². The number of benzene rings is 1. The van der Waals surface area contributed by atoms with Gasteiger partial charge in [0.15, 0.2) is 0 Å². The first-order valence-corrected chi connectivity index (χ1v) is 7.87. The predicted molar refractivity (Wildman–Crippen MR) is 92.7 cm³/mol. The number of hydrogen-bond donors (Lipinski definition) is 4. The van der Waals surface area contributed by atoms with Gasteiger partial charge in [-0.2, -0.15) is 0 Å². The van der Waals surface area contributed by atoms with Crippen molar-refractivity contribution in [3.63, 3.8) is 0 Å². The van der Waals surface area contributed by atoms with Crippen molar-refractivity contribution in [2.75, 3.05) is 18.8 Å². The van der Waals surface area contributed by atoms with Gasteiger partial charge < -0.3 is 22.1 Å². The van der Waals surface area contributed by atoms with Gasteiger partial charge in [0.05, 0.1) is 0 Å². The molecule has 0 spiro atoms. The van der Waals surface area contributed by atoms with Gasteiger partial charge in [0.1, 0.15) is 0 Å². The second kappa shape index (κ2) is 6.62. The molecule has 2 aliphatic rings. The average Bonchev–Trinajstić information content (AvgIpc) is 3.36. The summed E-state index contributed by atoms with van der Waals surface area (Å²) in [5.41, 5.74) is 15.0. The number of amides is 2. The number of fused-ring (bicyclic) bond motifs is 1. The predicted octanol–water partition coefficient (Wildman–Crippen LogP) is 0.844. The Balaban J connectivity index is 1.37. The summed E-state index contributed by atoms with van der Waals surface area (Å²) in [6.07, 6.45) is 6.17. The number of nitrogens with one attached hydrogen (secondary N) is 2. The van der Waals surface area contributed by atoms with Crippen molar-refractivity contribution in [1.82, 2.24) is 10.6 Å². The molecular formula is C18H20N4O2. The molecule has 0 aromatic heterocycles. The Morgan fingerprint density at radius 1 is 0.958 bits per heavy atom. The van der Waals surface area contributed by atoms with Crippen LogP contribution in [0.25, 0.3) is 0 Å². The first-order chi connectivity index (χ1) is 11.6. The second-order valence-electron chi connectivity index (χ2n) is 5.83. The van der Waals surface area contributed by atoms with Gasteiger partial charge in [0, 0.05) is 41.5 Å². The van der Waals surface area contributed by atoms with Crippen molar-refractivity contribution in [3.05, 3.63) is 64.9 Å². The lowest BCUT2D eigenvalue weighted by molar-refractivity contribution is -0.117. The molecule has 1 aromatic carbocycles. The van der Waals surface area contributed by atoms with Crippen LogP contribution in [0.1, 0.15) is 16.8 Å². The number of hydrogen-bond acceptors (Lipinski definition) is 4. The highest BCUT2D eigenvalue weighted by Crippen LogP contribution is 2.41. The highest BCUT2D eigenvalue weighted by atomic mass is 16.2. The summed E-state index contributed by atoms with van der Waals surface area (Å²) in [7, 11) is 0. The molecule has 124 valence electrons. The fraction of sp³-hybridized carbons (Fsp3) is 0.222. The van der Waals surface area contributed by atoms with Crippen LogP contribution in [0, 0.1) is 5.92 Å². The maximum Gasteiger partial charge on any atom is 0.251 e. The highest BCUT2D eigenvalue weighted by Gasteiger charge is 2.34. The third kappa shape index (κ3) is 3.48. The summed E-state index contributed by atoms with van der Waals surface area (Å²) in [4.78, 5) is 24.0. The molecular weight excluding hydrogens is 304 g/mol. The van der Waals surface area contributed by atoms with Gasteiger partial charge in [0.2, 0.25) is 0 Å². The zero-order chi connectivity index (χ0) is 17.1. The molecule has 6 heteroatoms. The molecule has 6 N–H and O–H groups in total. The third-order valence-electron chi connectivity index (χ3n) is 4.03. The molecule has 0 fully saturated rings. The van der Waals surface area contributed by atoms with E-state index < -0.39 is 0 Å². The van der Waals surface area contributed by atoms with Crippen LogP contribution in [0.3, 0.4) is 0 Å². The topological polar surface area (TPSA) is 110 Å². The minimum absolute atomic E-state index is 0.0997. The standard InChI is InChI=1S/C18H20N4O2/c19-12-4-2-11(3-5-12)17(23)21-8-1-9-22-18(24)13-6-7-16(20)15-10-14(13)15/h2-7,10,15H,1,8-9,19-20H2,(H,21,23)(H,22,24)/t15-/m1/s1. The molecule has 1 atom stereocenters. The molecule has 0 saturated carbocycles. The Morgan fingerprint density at radius 2 is 1.62 bits per heavy atom. The van der Waals surface area contributed by atoms with E-state index in [1.165, 1.54) is 0 Å². The summed E-state index contributed by atoms with van der Waals surface area (Å²) in [5, 5.41) is 5.67. The zero-order valence-corrected chi connectivity index (χ0v) is 13.2. The molecule has 0 radical (unpaired) electrons. The number of carbonyl (C=O) groups is 2. The van der Waals surface area contributed by atoms with Gasteiger partial charge in [-0.3, -0.25) is 9.59 Å². The van der Waals surface area contributed by atoms with E-state index in [0.29, 0.717) is 36.3 Å². The molecule has 0 aliphatic heterocycles. The van der Waals surface area contributed by atoms with Crippen LogP contribution in [0.2, 0.25) is 0 Å². The van der Waals surface area contributed by atoms with Crippen molar-refractivity contribution >= 4 is 17.5 Å². The molecule has 3 rings (SSSR count). The normalized spacial score (nSPS) is 17.8. The van der Waals surface area contributed by atoms with Crippen LogP contribution >= 0.6 is 0 Å². The van der Waals surface area contributed by atoms with E-state index in [1.807, 2.05) is 6.08 Å². The molecule has 0 unspecified atom stereocenters. The summed E-state index contributed by atoms with van der Waals surface area (Å²) in [6, 6.07) is 6.74. The number of carbonyl (C=O) groups excluding carboxylic acids is 2. The van der Waals surface area contributed by atoms with Crippen molar-refractivity contribution < 1.29 is 9.59 Å². The molecule has 6 nitrogen and oxygen atoms in total. The Hall–Kier alpha value is -3.02. The SMILES string of the molecule is NC1=CC=C(C(=O)NCCCNC(=O)c2ccc(N)cc2)C2=C[C@@H]12. The minimum Gasteiger partial charge on any atom is -0.401 e. The summed E-state index contributed by atoms with van der Waals surface area (Å²) in [6.45, 7) is 0.982. The lowest BCUT2D eigenvalue weighted by atomic mass is 10.0. The molecule has 0 bridgehead atoms. The van der Waals surface area contributed by atoms with E-state index in [0.717, 1.165) is 11.3 Å². The monoisotopic (exact) mass is 324 g/mol. The average molecular weight is 324 g/mol. The number of anilines is 1. The molecule has 24 heavy (non-hydrogen) atoms. The van der Waals surface area contributed by atoms with Crippen LogP contribution < -0.4 is 22.1 Å². The van der Waals surface area contributed by atoms with E-state index in [-0.39, 0.29) is 17.7 Å². The Morgan fingerprint density at radius 3 is 2.33 bits per heavy atom. The minimum atomic E-state index is -0.150. The summed E-state index contributed by atoms with van der Waals surface area (Å²) in [5.74, 6) is -0.102. The van der Waals surface area contributed by atoms with Gasteiger partial charge >= 0.3 is 0 Å². The first-order valence-electron chi connectivity index (χ1n) is 7.87. The van der Waals surface area contributed by atoms with Crippen molar-refractivity contribution in [3.8, 4) is 0 Å². The maximum absolute atomic E-state index is 12.1. The van der Waals surface area contributed by atoms with Crippen molar-refractivity contribution in [2.24, 2.45) is 11.7 Å². The lowest BCUT2D eigenvalue weighted by Crippen LogP contribution is -2.31. The van der Waals surface area contributed by atoms with Gasteiger partial charge in [0.25, 0.3) is 11.8 Å². The fourth-order valence-corrected chi connectivity index (χ4v) is 2.57. The van der Waals surface area contributed by atoms with Gasteiger partial charge in [-0.05, 0) is 48.4 Å². The lowest BCUT2D eigenvalue weighted by Gasteiger charge is -2.11. The third-order valence-corrected chi connectivity index (χ3v) is 4.03. The number of nitrogen functional groups attached to an aromatic ring is 1. The van der Waals surface area contributed by atoms with Gasteiger partial charge in [-0.15, -0.1) is 0 Å². The molecule has 0 heterocycles. The summed E-state index contributed by atoms with van der Waals surface area (Å²) >= 11 is 0. The Bertz CT molecular complexity index is 760. The van der Waals surface area contributed by atoms with Gasteiger partial charge in [-0.25, -0.2) is 0 Å². The van der Waals surface area contributed by atoms with Crippen LogP contribution in [0.15, 0.2) is 59.3 Å². The van der Waals surface area contributed by atoms with Gasteiger partial charge in [-0.1, -0.05) is 6.08 Å². The quantitative estimate of drug-likeness (QED) is 0.459.